The van der Waals surface area contributed by atoms with Gasteiger partial charge in [0.1, 0.15) is 18.4 Å². The summed E-state index contributed by atoms with van der Waals surface area (Å²) in [4.78, 5) is 16.1. The van der Waals surface area contributed by atoms with Crippen LogP contribution in [-0.2, 0) is 11.3 Å². The molecule has 6 heteroatoms. The number of esters is 1. The van der Waals surface area contributed by atoms with Crippen molar-refractivity contribution in [1.29, 1.82) is 5.26 Å². The van der Waals surface area contributed by atoms with Crippen molar-refractivity contribution in [2.75, 3.05) is 5.73 Å². The molecule has 5 nitrogen and oxygen atoms in total. The molecule has 0 atom stereocenters. The van der Waals surface area contributed by atoms with E-state index in [1.54, 1.807) is 31.2 Å². The van der Waals surface area contributed by atoms with Crippen LogP contribution in [0.15, 0.2) is 34.9 Å². The SMILES string of the molecule is Cc1c(N)cc(Br)cc1C(=O)OCc1cccnc1C#N. The van der Waals surface area contributed by atoms with Crippen LogP contribution < -0.4 is 5.73 Å². The van der Waals surface area contributed by atoms with E-state index in [9.17, 15) is 4.79 Å². The van der Waals surface area contributed by atoms with Gasteiger partial charge in [-0.15, -0.1) is 0 Å². The highest BCUT2D eigenvalue weighted by Crippen LogP contribution is 2.23. The Morgan fingerprint density at radius 2 is 2.29 bits per heavy atom. The number of nitriles is 1. The highest BCUT2D eigenvalue weighted by molar-refractivity contribution is 9.10. The van der Waals surface area contributed by atoms with Gasteiger partial charge in [-0.2, -0.15) is 5.26 Å². The van der Waals surface area contributed by atoms with E-state index in [0.717, 1.165) is 0 Å². The molecule has 1 heterocycles. The Kier molecular flexibility index (Phi) is 4.55. The van der Waals surface area contributed by atoms with Gasteiger partial charge in [-0.25, -0.2) is 9.78 Å². The first kappa shape index (κ1) is 15.0. The first-order valence-electron chi connectivity index (χ1n) is 6.09. The van der Waals surface area contributed by atoms with Crippen LogP contribution in [-0.4, -0.2) is 11.0 Å². The van der Waals surface area contributed by atoms with Crippen LogP contribution >= 0.6 is 15.9 Å². The lowest BCUT2D eigenvalue weighted by molar-refractivity contribution is 0.0471. The Hall–Kier alpha value is -2.39. The molecule has 0 spiro atoms. The van der Waals surface area contributed by atoms with Crippen molar-refractivity contribution < 1.29 is 9.53 Å². The second-order valence-corrected chi connectivity index (χ2v) is 5.28. The van der Waals surface area contributed by atoms with Crippen LogP contribution in [0.2, 0.25) is 0 Å². The van der Waals surface area contributed by atoms with E-state index in [4.69, 9.17) is 15.7 Å². The zero-order chi connectivity index (χ0) is 15.4. The van der Waals surface area contributed by atoms with Crippen molar-refractivity contribution in [3.8, 4) is 6.07 Å². The lowest BCUT2D eigenvalue weighted by Crippen LogP contribution is -2.09. The number of nitrogens with zero attached hydrogens (tertiary/aromatic N) is 2. The fourth-order valence-electron chi connectivity index (χ4n) is 1.79. The average Bonchev–Trinajstić information content (AvgIpc) is 2.48. The summed E-state index contributed by atoms with van der Waals surface area (Å²) in [6, 6.07) is 8.72. The number of anilines is 1. The van der Waals surface area contributed by atoms with Gasteiger partial charge in [0, 0.05) is 21.9 Å². The Morgan fingerprint density at radius 3 is 3.00 bits per heavy atom. The zero-order valence-corrected chi connectivity index (χ0v) is 12.8. The van der Waals surface area contributed by atoms with Crippen LogP contribution in [0.1, 0.15) is 27.2 Å². The summed E-state index contributed by atoms with van der Waals surface area (Å²) in [7, 11) is 0. The van der Waals surface area contributed by atoms with Crippen molar-refractivity contribution in [3.05, 3.63) is 57.3 Å². The highest BCUT2D eigenvalue weighted by atomic mass is 79.9. The number of hydrogen-bond donors (Lipinski definition) is 1. The lowest BCUT2D eigenvalue weighted by atomic mass is 10.1. The summed E-state index contributed by atoms with van der Waals surface area (Å²) in [5.41, 5.74) is 8.20. The first-order valence-corrected chi connectivity index (χ1v) is 6.89. The largest absolute Gasteiger partial charge is 0.457 e. The smallest absolute Gasteiger partial charge is 0.338 e. The average molecular weight is 346 g/mol. The highest BCUT2D eigenvalue weighted by Gasteiger charge is 2.14. The van der Waals surface area contributed by atoms with Gasteiger partial charge in [0.15, 0.2) is 0 Å². The maximum atomic E-state index is 12.1. The molecule has 0 aliphatic carbocycles. The number of halogens is 1. The molecule has 1 aromatic carbocycles. The lowest BCUT2D eigenvalue weighted by Gasteiger charge is -2.10. The minimum absolute atomic E-state index is 0.0125. The fourth-order valence-corrected chi connectivity index (χ4v) is 2.26. The van der Waals surface area contributed by atoms with E-state index in [2.05, 4.69) is 20.9 Å². The van der Waals surface area contributed by atoms with Gasteiger partial charge in [-0.3, -0.25) is 0 Å². The predicted octanol–water partition coefficient (Wildman–Crippen LogP) is 2.96. The van der Waals surface area contributed by atoms with Crippen LogP contribution in [0.3, 0.4) is 0 Å². The summed E-state index contributed by atoms with van der Waals surface area (Å²) < 4.78 is 5.95. The molecule has 0 unspecified atom stereocenters. The fraction of sp³-hybridized carbons (Fsp3) is 0.133. The molecule has 0 fully saturated rings. The second kappa shape index (κ2) is 6.37. The Bertz CT molecular complexity index is 738. The number of nitrogen functional groups attached to an aromatic ring is 1. The van der Waals surface area contributed by atoms with Gasteiger partial charge in [0.2, 0.25) is 0 Å². The number of nitrogens with two attached hydrogens (primary N) is 1. The summed E-state index contributed by atoms with van der Waals surface area (Å²) >= 11 is 3.29. The van der Waals surface area contributed by atoms with Gasteiger partial charge in [-0.1, -0.05) is 22.0 Å². The van der Waals surface area contributed by atoms with Crippen LogP contribution in [0.5, 0.6) is 0 Å². The van der Waals surface area contributed by atoms with Crippen molar-refractivity contribution in [3.63, 3.8) is 0 Å². The molecule has 0 amide bonds. The van der Waals surface area contributed by atoms with E-state index in [-0.39, 0.29) is 12.3 Å². The van der Waals surface area contributed by atoms with Crippen molar-refractivity contribution in [1.82, 2.24) is 4.98 Å². The normalized spacial score (nSPS) is 9.95. The number of carbonyl (C=O) groups is 1. The molecule has 1 aromatic heterocycles. The van der Waals surface area contributed by atoms with Gasteiger partial charge in [-0.05, 0) is 30.7 Å². The molecule has 2 rings (SSSR count). The van der Waals surface area contributed by atoms with Gasteiger partial charge >= 0.3 is 5.97 Å². The molecular formula is C15H12BrN3O2. The number of pyridine rings is 1. The van der Waals surface area contributed by atoms with E-state index < -0.39 is 5.97 Å². The third kappa shape index (κ3) is 3.38. The van der Waals surface area contributed by atoms with E-state index in [1.807, 2.05) is 6.07 Å². The van der Waals surface area contributed by atoms with Gasteiger partial charge < -0.3 is 10.5 Å². The maximum absolute atomic E-state index is 12.1. The maximum Gasteiger partial charge on any atom is 0.338 e. The van der Waals surface area contributed by atoms with E-state index >= 15 is 0 Å². The van der Waals surface area contributed by atoms with Crippen molar-refractivity contribution >= 4 is 27.6 Å². The van der Waals surface area contributed by atoms with E-state index in [0.29, 0.717) is 26.9 Å². The number of ether oxygens (including phenoxy) is 1. The molecule has 0 aliphatic heterocycles. The number of aromatic nitrogens is 1. The second-order valence-electron chi connectivity index (χ2n) is 4.37. The zero-order valence-electron chi connectivity index (χ0n) is 11.3. The van der Waals surface area contributed by atoms with Gasteiger partial charge in [0.05, 0.1) is 5.56 Å². The van der Waals surface area contributed by atoms with Gasteiger partial charge in [0.25, 0.3) is 0 Å². The Morgan fingerprint density at radius 1 is 1.52 bits per heavy atom. The Labute approximate surface area is 130 Å². The molecule has 106 valence electrons. The molecule has 2 aromatic rings. The van der Waals surface area contributed by atoms with Crippen LogP contribution in [0.25, 0.3) is 0 Å². The third-order valence-electron chi connectivity index (χ3n) is 2.99. The minimum atomic E-state index is -0.492. The van der Waals surface area contributed by atoms with Crippen LogP contribution in [0.4, 0.5) is 5.69 Å². The molecular weight excluding hydrogens is 334 g/mol. The number of carbonyl (C=O) groups excluding carboxylic acids is 1. The summed E-state index contributed by atoms with van der Waals surface area (Å²) in [5, 5.41) is 8.94. The summed E-state index contributed by atoms with van der Waals surface area (Å²) in [5.74, 6) is -0.492. The molecule has 0 radical (unpaired) electrons. The molecule has 21 heavy (non-hydrogen) atoms. The summed E-state index contributed by atoms with van der Waals surface area (Å²) in [6.07, 6.45) is 1.52. The van der Waals surface area contributed by atoms with Crippen molar-refractivity contribution in [2.45, 2.75) is 13.5 Å². The van der Waals surface area contributed by atoms with E-state index in [1.165, 1.54) is 6.20 Å². The third-order valence-corrected chi connectivity index (χ3v) is 3.45. The number of benzene rings is 1. The standard InChI is InChI=1S/C15H12BrN3O2/c1-9-12(5-11(16)6-13(9)18)15(20)21-8-10-3-2-4-19-14(10)7-17/h2-6H,8,18H2,1H3. The molecule has 0 aliphatic rings. The van der Waals surface area contributed by atoms with Crippen molar-refractivity contribution in [2.24, 2.45) is 0 Å². The first-order chi connectivity index (χ1) is 10.0. The minimum Gasteiger partial charge on any atom is -0.457 e. The monoisotopic (exact) mass is 345 g/mol. The van der Waals surface area contributed by atoms with Crippen LogP contribution in [0, 0.1) is 18.3 Å². The number of hydrogen-bond acceptors (Lipinski definition) is 5. The quantitative estimate of drug-likeness (QED) is 0.682. The Balaban J connectivity index is 2.18. The molecule has 2 N–H and O–H groups in total. The predicted molar refractivity (Wildman–Crippen MR) is 81.4 cm³/mol. The topological polar surface area (TPSA) is 89.0 Å². The summed E-state index contributed by atoms with van der Waals surface area (Å²) in [6.45, 7) is 1.74. The molecule has 0 saturated carbocycles. The number of rotatable bonds is 3. The molecule has 0 bridgehead atoms. The molecule has 0 saturated heterocycles.